The lowest BCUT2D eigenvalue weighted by molar-refractivity contribution is 0.301. The molecule has 0 atom stereocenters. The summed E-state index contributed by atoms with van der Waals surface area (Å²) in [7, 11) is 1.88. The summed E-state index contributed by atoms with van der Waals surface area (Å²) in [5.74, 6) is 0.905. The Bertz CT molecular complexity index is 416. The highest BCUT2D eigenvalue weighted by molar-refractivity contribution is 7.80. The van der Waals surface area contributed by atoms with Crippen molar-refractivity contribution in [1.82, 2.24) is 9.78 Å². The van der Waals surface area contributed by atoms with Crippen molar-refractivity contribution in [2.45, 2.75) is 26.7 Å². The molecule has 1 rings (SSSR count). The van der Waals surface area contributed by atoms with Crippen LogP contribution in [-0.2, 0) is 7.05 Å². The zero-order chi connectivity index (χ0) is 13.7. The van der Waals surface area contributed by atoms with Gasteiger partial charge in [-0.15, -0.1) is 0 Å². The predicted molar refractivity (Wildman–Crippen MR) is 78.0 cm³/mol. The quantitative estimate of drug-likeness (QED) is 0.722. The SMILES string of the molecule is CCCCN(CCO)c1c(C(N)=S)c(C)nn1C. The van der Waals surface area contributed by atoms with Gasteiger partial charge in [-0.05, 0) is 13.3 Å². The second-order valence-electron chi connectivity index (χ2n) is 4.34. The first-order valence-corrected chi connectivity index (χ1v) is 6.62. The molecule has 0 fully saturated rings. The third-order valence-corrected chi connectivity index (χ3v) is 3.09. The van der Waals surface area contributed by atoms with Crippen molar-refractivity contribution < 1.29 is 5.11 Å². The van der Waals surface area contributed by atoms with Crippen molar-refractivity contribution in [3.05, 3.63) is 11.3 Å². The van der Waals surface area contributed by atoms with E-state index in [-0.39, 0.29) is 6.61 Å². The Morgan fingerprint density at radius 3 is 2.67 bits per heavy atom. The van der Waals surface area contributed by atoms with E-state index in [1.165, 1.54) is 0 Å². The van der Waals surface area contributed by atoms with E-state index in [1.807, 2.05) is 14.0 Å². The largest absolute Gasteiger partial charge is 0.395 e. The minimum absolute atomic E-state index is 0.102. The van der Waals surface area contributed by atoms with E-state index < -0.39 is 0 Å². The third kappa shape index (κ3) is 3.20. The Kier molecular flexibility index (Phi) is 5.55. The summed E-state index contributed by atoms with van der Waals surface area (Å²) >= 11 is 5.10. The molecule has 0 spiro atoms. The van der Waals surface area contributed by atoms with Crippen molar-refractivity contribution in [2.75, 3.05) is 24.6 Å². The van der Waals surface area contributed by atoms with Gasteiger partial charge >= 0.3 is 0 Å². The highest BCUT2D eigenvalue weighted by Gasteiger charge is 2.20. The monoisotopic (exact) mass is 270 g/mol. The number of anilines is 1. The molecule has 0 unspecified atom stereocenters. The lowest BCUT2D eigenvalue weighted by Gasteiger charge is -2.24. The number of aliphatic hydroxyl groups is 1. The zero-order valence-electron chi connectivity index (χ0n) is 11.3. The maximum atomic E-state index is 9.19. The summed E-state index contributed by atoms with van der Waals surface area (Å²) in [4.78, 5) is 2.45. The van der Waals surface area contributed by atoms with Crippen molar-refractivity contribution >= 4 is 23.0 Å². The molecule has 0 aliphatic heterocycles. The molecule has 1 aromatic rings. The van der Waals surface area contributed by atoms with E-state index in [1.54, 1.807) is 4.68 Å². The lowest BCUT2D eigenvalue weighted by atomic mass is 10.2. The minimum atomic E-state index is 0.102. The summed E-state index contributed by atoms with van der Waals surface area (Å²) in [5.41, 5.74) is 7.43. The third-order valence-electron chi connectivity index (χ3n) is 2.89. The molecule has 3 N–H and O–H groups in total. The Morgan fingerprint density at radius 1 is 1.50 bits per heavy atom. The Labute approximate surface area is 114 Å². The summed E-state index contributed by atoms with van der Waals surface area (Å²) in [5, 5.41) is 13.6. The van der Waals surface area contributed by atoms with Crippen LogP contribution in [0.3, 0.4) is 0 Å². The normalized spacial score (nSPS) is 10.7. The Balaban J connectivity index is 3.13. The molecular formula is C12H22N4OS. The van der Waals surface area contributed by atoms with Crippen LogP contribution in [-0.4, -0.2) is 39.6 Å². The van der Waals surface area contributed by atoms with E-state index in [0.29, 0.717) is 11.5 Å². The van der Waals surface area contributed by atoms with Gasteiger partial charge in [0, 0.05) is 20.1 Å². The fourth-order valence-corrected chi connectivity index (χ4v) is 2.33. The number of aromatic nitrogens is 2. The van der Waals surface area contributed by atoms with Crippen LogP contribution >= 0.6 is 12.2 Å². The highest BCUT2D eigenvalue weighted by Crippen LogP contribution is 2.23. The summed E-state index contributed by atoms with van der Waals surface area (Å²) in [6, 6.07) is 0. The number of hydrogen-bond acceptors (Lipinski definition) is 4. The van der Waals surface area contributed by atoms with E-state index in [9.17, 15) is 5.11 Å². The molecule has 1 aromatic heterocycles. The lowest BCUT2D eigenvalue weighted by Crippen LogP contribution is -2.31. The predicted octanol–water partition coefficient (Wildman–Crippen LogP) is 0.962. The number of aliphatic hydroxyl groups excluding tert-OH is 1. The van der Waals surface area contributed by atoms with Crippen LogP contribution < -0.4 is 10.6 Å². The number of rotatable bonds is 7. The molecule has 0 saturated carbocycles. The van der Waals surface area contributed by atoms with Crippen LogP contribution in [0.15, 0.2) is 0 Å². The van der Waals surface area contributed by atoms with E-state index >= 15 is 0 Å². The molecule has 0 bridgehead atoms. The standard InChI is InChI=1S/C12H22N4OS/c1-4-5-6-16(7-8-17)12-10(11(13)18)9(2)14-15(12)3/h17H,4-8H2,1-3H3,(H2,13,18). The van der Waals surface area contributed by atoms with Gasteiger partial charge in [0.05, 0.1) is 17.9 Å². The van der Waals surface area contributed by atoms with Gasteiger partial charge in [0.15, 0.2) is 0 Å². The fraction of sp³-hybridized carbons (Fsp3) is 0.667. The second-order valence-corrected chi connectivity index (χ2v) is 4.78. The first-order chi connectivity index (χ1) is 8.52. The molecular weight excluding hydrogens is 248 g/mol. The van der Waals surface area contributed by atoms with Gasteiger partial charge < -0.3 is 15.7 Å². The topological polar surface area (TPSA) is 67.3 Å². The molecule has 1 heterocycles. The number of unbranched alkanes of at least 4 members (excludes halogenated alkanes) is 1. The van der Waals surface area contributed by atoms with Crippen LogP contribution in [0.2, 0.25) is 0 Å². The maximum absolute atomic E-state index is 9.19. The van der Waals surface area contributed by atoms with Gasteiger partial charge in [-0.1, -0.05) is 25.6 Å². The van der Waals surface area contributed by atoms with Gasteiger partial charge in [-0.25, -0.2) is 0 Å². The molecule has 18 heavy (non-hydrogen) atoms. The summed E-state index contributed by atoms with van der Waals surface area (Å²) in [6.45, 7) is 5.57. The van der Waals surface area contributed by atoms with E-state index in [2.05, 4.69) is 16.9 Å². The Morgan fingerprint density at radius 2 is 2.17 bits per heavy atom. The smallest absolute Gasteiger partial charge is 0.137 e. The molecule has 0 aliphatic rings. The van der Waals surface area contributed by atoms with Crippen LogP contribution in [0, 0.1) is 6.92 Å². The molecule has 0 saturated heterocycles. The van der Waals surface area contributed by atoms with Gasteiger partial charge in [0.2, 0.25) is 0 Å². The molecule has 0 aliphatic carbocycles. The Hall–Kier alpha value is -1.14. The fourth-order valence-electron chi connectivity index (χ4n) is 2.09. The number of nitrogens with two attached hydrogens (primary N) is 1. The van der Waals surface area contributed by atoms with Crippen molar-refractivity contribution in [3.8, 4) is 0 Å². The molecule has 0 aromatic carbocycles. The van der Waals surface area contributed by atoms with E-state index in [4.69, 9.17) is 18.0 Å². The first kappa shape index (κ1) is 14.9. The van der Waals surface area contributed by atoms with Crippen LogP contribution in [0.5, 0.6) is 0 Å². The van der Waals surface area contributed by atoms with Gasteiger partial charge in [0.25, 0.3) is 0 Å². The van der Waals surface area contributed by atoms with Crippen molar-refractivity contribution in [2.24, 2.45) is 12.8 Å². The zero-order valence-corrected chi connectivity index (χ0v) is 12.1. The van der Waals surface area contributed by atoms with Crippen LogP contribution in [0.4, 0.5) is 5.82 Å². The molecule has 0 radical (unpaired) electrons. The van der Waals surface area contributed by atoms with Gasteiger partial charge in [-0.2, -0.15) is 5.10 Å². The summed E-state index contributed by atoms with van der Waals surface area (Å²) < 4.78 is 1.79. The maximum Gasteiger partial charge on any atom is 0.137 e. The van der Waals surface area contributed by atoms with Crippen molar-refractivity contribution in [1.29, 1.82) is 0 Å². The van der Waals surface area contributed by atoms with Crippen LogP contribution in [0.1, 0.15) is 31.0 Å². The van der Waals surface area contributed by atoms with Crippen LogP contribution in [0.25, 0.3) is 0 Å². The molecule has 5 nitrogen and oxygen atoms in total. The average Bonchev–Trinajstić information content (AvgIpc) is 2.59. The van der Waals surface area contributed by atoms with Gasteiger partial charge in [-0.3, -0.25) is 4.68 Å². The molecule has 0 amide bonds. The second kappa shape index (κ2) is 6.70. The highest BCUT2D eigenvalue weighted by atomic mass is 32.1. The van der Waals surface area contributed by atoms with Gasteiger partial charge in [0.1, 0.15) is 10.8 Å². The molecule has 6 heteroatoms. The number of thiocarbonyl (C=S) groups is 1. The average molecular weight is 270 g/mol. The first-order valence-electron chi connectivity index (χ1n) is 6.22. The van der Waals surface area contributed by atoms with Crippen molar-refractivity contribution in [3.63, 3.8) is 0 Å². The number of aryl methyl sites for hydroxylation is 2. The summed E-state index contributed by atoms with van der Waals surface area (Å²) in [6.07, 6.45) is 2.15. The number of nitrogens with zero attached hydrogens (tertiary/aromatic N) is 3. The molecule has 102 valence electrons. The number of hydrogen-bond donors (Lipinski definition) is 2. The minimum Gasteiger partial charge on any atom is -0.395 e. The van der Waals surface area contributed by atoms with E-state index in [0.717, 1.165) is 36.5 Å².